The smallest absolute Gasteiger partial charge is 0.391 e. The number of amides is 2. The maximum atomic E-state index is 13.4. The van der Waals surface area contributed by atoms with Crippen molar-refractivity contribution in [2.75, 3.05) is 28.2 Å². The second-order valence-corrected chi connectivity index (χ2v) is 8.59. The molecule has 0 radical (unpaired) electrons. The number of carbonyl (C=O) groups is 2. The molecule has 2 amide bonds. The van der Waals surface area contributed by atoms with Crippen molar-refractivity contribution >= 4 is 29.1 Å². The average Bonchev–Trinajstić information content (AvgIpc) is 3.50. The molecule has 9 nitrogen and oxygen atoms in total. The lowest BCUT2D eigenvalue weighted by molar-refractivity contribution is -0.168. The van der Waals surface area contributed by atoms with E-state index < -0.39 is 30.3 Å². The summed E-state index contributed by atoms with van der Waals surface area (Å²) >= 11 is 0. The van der Waals surface area contributed by atoms with E-state index in [2.05, 4.69) is 20.3 Å². The van der Waals surface area contributed by atoms with Gasteiger partial charge in [-0.2, -0.15) is 13.2 Å². The van der Waals surface area contributed by atoms with Crippen molar-refractivity contribution in [3.05, 3.63) is 48.7 Å². The van der Waals surface area contributed by atoms with Crippen molar-refractivity contribution in [1.29, 1.82) is 0 Å². The Labute approximate surface area is 198 Å². The molecule has 2 bridgehead atoms. The van der Waals surface area contributed by atoms with E-state index in [-0.39, 0.29) is 23.4 Å². The molecule has 0 saturated carbocycles. The minimum Gasteiger partial charge on any atom is -0.444 e. The van der Waals surface area contributed by atoms with Crippen molar-refractivity contribution < 1.29 is 27.2 Å². The van der Waals surface area contributed by atoms with Gasteiger partial charge in [0.2, 0.25) is 0 Å². The number of alkyl halides is 3. The van der Waals surface area contributed by atoms with Gasteiger partial charge in [0.1, 0.15) is 11.5 Å². The molecular weight excluding hydrogens is 465 g/mol. The first kappa shape index (κ1) is 22.8. The Morgan fingerprint density at radius 1 is 1.29 bits per heavy atom. The van der Waals surface area contributed by atoms with E-state index >= 15 is 0 Å². The van der Waals surface area contributed by atoms with Gasteiger partial charge < -0.3 is 9.32 Å². The number of oxazole rings is 1. The van der Waals surface area contributed by atoms with Gasteiger partial charge in [0.25, 0.3) is 0 Å². The van der Waals surface area contributed by atoms with Gasteiger partial charge >= 0.3 is 12.2 Å². The Kier molecular flexibility index (Phi) is 5.65. The van der Waals surface area contributed by atoms with Gasteiger partial charge in [-0.3, -0.25) is 15.0 Å². The molecule has 182 valence electrons. The summed E-state index contributed by atoms with van der Waals surface area (Å²) in [5.41, 5.74) is 1.21. The Balaban J connectivity index is 1.42. The molecule has 5 heterocycles. The number of anilines is 3. The lowest BCUT2D eigenvalue weighted by Gasteiger charge is -2.35. The molecule has 0 spiro atoms. The van der Waals surface area contributed by atoms with Crippen LogP contribution in [0.2, 0.25) is 0 Å². The van der Waals surface area contributed by atoms with Crippen molar-refractivity contribution in [1.82, 2.24) is 15.0 Å². The molecule has 3 aromatic heterocycles. The van der Waals surface area contributed by atoms with Crippen LogP contribution in [0, 0.1) is 5.92 Å². The van der Waals surface area contributed by atoms with Crippen LogP contribution in [0.4, 0.5) is 35.3 Å². The maximum Gasteiger partial charge on any atom is 0.391 e. The predicted octanol–water partition coefficient (Wildman–Crippen LogP) is 4.53. The topological polar surface area (TPSA) is 104 Å². The molecule has 5 rings (SSSR count). The van der Waals surface area contributed by atoms with Crippen LogP contribution in [-0.2, 0) is 0 Å². The SMILES string of the molecule is C[C@@H](CC(=O)c1ccc2c(n1)N(C(=O)Nc1cc(-c3cnco3)ccn1)[C@H]1CCN2C1)C(F)(F)F. The number of rotatable bonds is 5. The molecule has 1 fully saturated rings. The Morgan fingerprint density at radius 2 is 2.11 bits per heavy atom. The van der Waals surface area contributed by atoms with E-state index in [0.29, 0.717) is 36.5 Å². The quantitative estimate of drug-likeness (QED) is 0.528. The van der Waals surface area contributed by atoms with E-state index in [1.807, 2.05) is 4.90 Å². The van der Waals surface area contributed by atoms with E-state index in [0.717, 1.165) is 6.92 Å². The molecule has 2 aliphatic heterocycles. The summed E-state index contributed by atoms with van der Waals surface area (Å²) in [6.45, 7) is 2.24. The molecule has 1 N–H and O–H groups in total. The normalized spacial score (nSPS) is 17.8. The number of halogens is 3. The third kappa shape index (κ3) is 4.43. The number of pyridine rings is 2. The van der Waals surface area contributed by atoms with Crippen molar-refractivity contribution in [3.63, 3.8) is 0 Å². The Morgan fingerprint density at radius 3 is 2.86 bits per heavy atom. The summed E-state index contributed by atoms with van der Waals surface area (Å²) in [7, 11) is 0. The maximum absolute atomic E-state index is 13.4. The highest BCUT2D eigenvalue weighted by atomic mass is 19.4. The summed E-state index contributed by atoms with van der Waals surface area (Å²) in [5, 5.41) is 2.76. The zero-order valence-electron chi connectivity index (χ0n) is 18.6. The second kappa shape index (κ2) is 8.67. The highest BCUT2D eigenvalue weighted by molar-refractivity contribution is 6.05. The number of urea groups is 1. The number of hydrogen-bond donors (Lipinski definition) is 1. The summed E-state index contributed by atoms with van der Waals surface area (Å²) < 4.78 is 44.1. The molecule has 35 heavy (non-hydrogen) atoms. The first-order valence-electron chi connectivity index (χ1n) is 11.0. The van der Waals surface area contributed by atoms with Crippen molar-refractivity contribution in [3.8, 4) is 11.3 Å². The molecule has 0 aliphatic carbocycles. The molecule has 0 aromatic carbocycles. The number of carbonyl (C=O) groups excluding carboxylic acids is 2. The monoisotopic (exact) mass is 486 g/mol. The van der Waals surface area contributed by atoms with Gasteiger partial charge in [-0.1, -0.05) is 6.92 Å². The van der Waals surface area contributed by atoms with E-state index in [4.69, 9.17) is 4.42 Å². The summed E-state index contributed by atoms with van der Waals surface area (Å²) in [6.07, 6.45) is -0.155. The molecule has 2 aliphatic rings. The zero-order chi connectivity index (χ0) is 24.7. The summed E-state index contributed by atoms with van der Waals surface area (Å²) in [4.78, 5) is 41.9. The Hall–Kier alpha value is -3.96. The lowest BCUT2D eigenvalue weighted by atomic mass is 10.0. The minimum absolute atomic E-state index is 0.106. The van der Waals surface area contributed by atoms with Gasteiger partial charge in [0, 0.05) is 31.3 Å². The van der Waals surface area contributed by atoms with Gasteiger partial charge in [0.05, 0.1) is 23.8 Å². The minimum atomic E-state index is -4.48. The van der Waals surface area contributed by atoms with Gasteiger partial charge in [0.15, 0.2) is 23.8 Å². The van der Waals surface area contributed by atoms with Crippen molar-refractivity contribution in [2.24, 2.45) is 5.92 Å². The van der Waals surface area contributed by atoms with E-state index in [9.17, 15) is 22.8 Å². The molecular formula is C23H21F3N6O3. The van der Waals surface area contributed by atoms with Crippen LogP contribution < -0.4 is 15.1 Å². The van der Waals surface area contributed by atoms with Crippen LogP contribution in [-0.4, -0.2) is 52.1 Å². The Bertz CT molecular complexity index is 1260. The summed E-state index contributed by atoms with van der Waals surface area (Å²) in [5.74, 6) is -1.50. The third-order valence-corrected chi connectivity index (χ3v) is 6.22. The van der Waals surface area contributed by atoms with Crippen LogP contribution in [0.5, 0.6) is 0 Å². The van der Waals surface area contributed by atoms with Gasteiger partial charge in [-0.05, 0) is 30.7 Å². The third-order valence-electron chi connectivity index (χ3n) is 6.22. The molecule has 0 unspecified atom stereocenters. The molecule has 12 heteroatoms. The fraction of sp³-hybridized carbons (Fsp3) is 0.348. The molecule has 3 aromatic rings. The molecule has 2 atom stereocenters. The highest BCUT2D eigenvalue weighted by Crippen LogP contribution is 2.39. The number of ketones is 1. The van der Waals surface area contributed by atoms with Crippen LogP contribution in [0.25, 0.3) is 11.3 Å². The first-order valence-corrected chi connectivity index (χ1v) is 11.0. The fourth-order valence-corrected chi connectivity index (χ4v) is 4.31. The first-order chi connectivity index (χ1) is 16.7. The van der Waals surface area contributed by atoms with E-state index in [1.165, 1.54) is 29.8 Å². The summed E-state index contributed by atoms with van der Waals surface area (Å²) in [6, 6.07) is 5.70. The zero-order valence-corrected chi connectivity index (χ0v) is 18.6. The number of fused-ring (bicyclic) bond motifs is 4. The number of Topliss-reactive ketones (excluding diaryl/α,β-unsaturated/α-hetero) is 1. The second-order valence-electron chi connectivity index (χ2n) is 8.59. The lowest BCUT2D eigenvalue weighted by Crippen LogP contribution is -2.48. The van der Waals surface area contributed by atoms with Crippen LogP contribution in [0.1, 0.15) is 30.3 Å². The van der Waals surface area contributed by atoms with Gasteiger partial charge in [-0.25, -0.2) is 19.7 Å². The molecule has 1 saturated heterocycles. The van der Waals surface area contributed by atoms with Crippen molar-refractivity contribution in [2.45, 2.75) is 32.0 Å². The average molecular weight is 486 g/mol. The van der Waals surface area contributed by atoms with Crippen LogP contribution in [0.15, 0.2) is 47.5 Å². The fourth-order valence-electron chi connectivity index (χ4n) is 4.31. The van der Waals surface area contributed by atoms with E-state index in [1.54, 1.807) is 18.2 Å². The van der Waals surface area contributed by atoms with Gasteiger partial charge in [-0.15, -0.1) is 0 Å². The number of nitrogens with one attached hydrogen (secondary N) is 1. The number of aromatic nitrogens is 3. The number of nitrogens with zero attached hydrogens (tertiary/aromatic N) is 5. The van der Waals surface area contributed by atoms with Crippen LogP contribution >= 0.6 is 0 Å². The number of hydrogen-bond acceptors (Lipinski definition) is 7. The largest absolute Gasteiger partial charge is 0.444 e. The predicted molar refractivity (Wildman–Crippen MR) is 120 cm³/mol. The van der Waals surface area contributed by atoms with Crippen LogP contribution in [0.3, 0.4) is 0 Å². The highest BCUT2D eigenvalue weighted by Gasteiger charge is 2.41. The standard InChI is InChI=1S/C23H21F3N6O3/c1-13(23(24,25)26)8-18(33)16-2-3-17-21(29-16)32(15-5-7-31(17)11-15)22(34)30-20-9-14(4-6-28-20)19-10-27-12-35-19/h2-4,6,9-10,12-13,15H,5,7-8,11H2,1H3,(H,28,30,34)/t13-,15-/m0/s1.